The number of carbonyl (C=O) groups is 1. The second-order valence-corrected chi connectivity index (χ2v) is 9.35. The number of carbonyl (C=O) groups excluding carboxylic acids is 1. The van der Waals surface area contributed by atoms with E-state index in [0.717, 1.165) is 39.0 Å². The number of benzene rings is 4. The van der Waals surface area contributed by atoms with Crippen molar-refractivity contribution >= 4 is 28.3 Å². The highest BCUT2D eigenvalue weighted by molar-refractivity contribution is 6.30. The number of nitrogens with zero attached hydrogens (tertiary/aromatic N) is 2. The molecule has 0 aliphatic heterocycles. The van der Waals surface area contributed by atoms with E-state index in [1.165, 1.54) is 0 Å². The molecule has 5 rings (SSSR count). The van der Waals surface area contributed by atoms with Gasteiger partial charge in [0.2, 0.25) is 0 Å². The highest BCUT2D eigenvalue weighted by atomic mass is 35.5. The summed E-state index contributed by atoms with van der Waals surface area (Å²) < 4.78 is 7.37. The fraction of sp³-hybridized carbons (Fsp3) is 0.161. The van der Waals surface area contributed by atoms with Gasteiger partial charge in [-0.25, -0.2) is 4.98 Å². The van der Waals surface area contributed by atoms with E-state index >= 15 is 0 Å². The quantitative estimate of drug-likeness (QED) is 0.246. The number of amides is 1. The molecule has 0 saturated carbocycles. The number of hydrogen-bond acceptors (Lipinski definition) is 3. The summed E-state index contributed by atoms with van der Waals surface area (Å²) in [7, 11) is 1.66. The molecule has 4 aromatic carbocycles. The van der Waals surface area contributed by atoms with Crippen molar-refractivity contribution in [3.05, 3.63) is 107 Å². The monoisotopic (exact) mass is 509 g/mol. The lowest BCUT2D eigenvalue weighted by Crippen LogP contribution is -2.29. The molecular formula is C31H28ClN3O2. The van der Waals surface area contributed by atoms with Crippen LogP contribution in [0.4, 0.5) is 0 Å². The predicted octanol–water partition coefficient (Wildman–Crippen LogP) is 7.54. The van der Waals surface area contributed by atoms with Crippen LogP contribution in [0.15, 0.2) is 91.0 Å². The molecule has 1 aromatic heterocycles. The fourth-order valence-electron chi connectivity index (χ4n) is 4.60. The van der Waals surface area contributed by atoms with Crippen LogP contribution < -0.4 is 10.1 Å². The highest BCUT2D eigenvalue weighted by Gasteiger charge is 2.25. The van der Waals surface area contributed by atoms with Gasteiger partial charge in [0.05, 0.1) is 13.2 Å². The second-order valence-electron chi connectivity index (χ2n) is 8.92. The van der Waals surface area contributed by atoms with E-state index in [2.05, 4.69) is 11.4 Å². The van der Waals surface area contributed by atoms with Crippen LogP contribution in [0.3, 0.4) is 0 Å². The maximum atomic E-state index is 13.8. The van der Waals surface area contributed by atoms with Gasteiger partial charge in [0.1, 0.15) is 23.0 Å². The molecule has 1 N–H and O–H groups in total. The molecule has 0 fully saturated rings. The van der Waals surface area contributed by atoms with E-state index in [-0.39, 0.29) is 11.9 Å². The van der Waals surface area contributed by atoms with Crippen LogP contribution in [0, 0.1) is 0 Å². The highest BCUT2D eigenvalue weighted by Crippen LogP contribution is 2.33. The number of imidazole rings is 1. The molecule has 5 nitrogen and oxygen atoms in total. The topological polar surface area (TPSA) is 56.2 Å². The average Bonchev–Trinajstić information content (AvgIpc) is 3.33. The minimum Gasteiger partial charge on any atom is -0.497 e. The second kappa shape index (κ2) is 10.5. The van der Waals surface area contributed by atoms with Crippen LogP contribution >= 0.6 is 11.6 Å². The smallest absolute Gasteiger partial charge is 0.270 e. The third kappa shape index (κ3) is 4.95. The first kappa shape index (κ1) is 24.6. The van der Waals surface area contributed by atoms with Gasteiger partial charge in [0.15, 0.2) is 0 Å². The molecule has 0 bridgehead atoms. The van der Waals surface area contributed by atoms with Gasteiger partial charge >= 0.3 is 0 Å². The Morgan fingerprint density at radius 1 is 0.946 bits per heavy atom. The van der Waals surface area contributed by atoms with Crippen LogP contribution in [0.2, 0.25) is 5.02 Å². The number of fused-ring (bicyclic) bond motifs is 1. The van der Waals surface area contributed by atoms with E-state index in [1.54, 1.807) is 7.11 Å². The van der Waals surface area contributed by atoms with E-state index < -0.39 is 0 Å². The Hall–Kier alpha value is -4.09. The van der Waals surface area contributed by atoms with Gasteiger partial charge in [-0.1, -0.05) is 72.3 Å². The summed E-state index contributed by atoms with van der Waals surface area (Å²) in [6.07, 6.45) is 0. The van der Waals surface area contributed by atoms with Gasteiger partial charge in [-0.05, 0) is 60.5 Å². The molecule has 37 heavy (non-hydrogen) atoms. The number of hydrogen-bond donors (Lipinski definition) is 1. The summed E-state index contributed by atoms with van der Waals surface area (Å²) in [6.45, 7) is 4.60. The zero-order valence-corrected chi connectivity index (χ0v) is 21.8. The molecule has 0 spiro atoms. The lowest BCUT2D eigenvalue weighted by Gasteiger charge is -2.17. The Morgan fingerprint density at radius 2 is 1.65 bits per heavy atom. The molecule has 1 unspecified atom stereocenters. The predicted molar refractivity (Wildman–Crippen MR) is 150 cm³/mol. The normalized spacial score (nSPS) is 11.9. The van der Waals surface area contributed by atoms with Gasteiger partial charge in [-0.2, -0.15) is 0 Å². The molecular weight excluding hydrogens is 482 g/mol. The van der Waals surface area contributed by atoms with Crippen molar-refractivity contribution in [1.29, 1.82) is 0 Å². The van der Waals surface area contributed by atoms with E-state index in [0.29, 0.717) is 23.0 Å². The SMILES string of the molecule is CCn1c(-c2ccccc2)nc(-c2ccc3cc(OC)ccc3c2)c1C(=O)NC(C)c1ccc(Cl)cc1. The van der Waals surface area contributed by atoms with E-state index in [4.69, 9.17) is 21.3 Å². The first-order valence-corrected chi connectivity index (χ1v) is 12.7. The number of aromatic nitrogens is 2. The summed E-state index contributed by atoms with van der Waals surface area (Å²) in [5.74, 6) is 1.39. The maximum absolute atomic E-state index is 13.8. The van der Waals surface area contributed by atoms with Crippen molar-refractivity contribution in [2.45, 2.75) is 26.4 Å². The summed E-state index contributed by atoms with van der Waals surface area (Å²) in [4.78, 5) is 18.9. The van der Waals surface area contributed by atoms with Gasteiger partial charge in [-0.15, -0.1) is 0 Å². The molecule has 0 aliphatic carbocycles. The van der Waals surface area contributed by atoms with Gasteiger partial charge in [0.25, 0.3) is 5.91 Å². The molecule has 6 heteroatoms. The van der Waals surface area contributed by atoms with Crippen molar-refractivity contribution in [3.8, 4) is 28.4 Å². The third-order valence-electron chi connectivity index (χ3n) is 6.57. The van der Waals surface area contributed by atoms with Gasteiger partial charge in [-0.3, -0.25) is 4.79 Å². The largest absolute Gasteiger partial charge is 0.497 e. The molecule has 1 amide bonds. The summed E-state index contributed by atoms with van der Waals surface area (Å²) in [5.41, 5.74) is 4.01. The zero-order valence-electron chi connectivity index (χ0n) is 21.0. The molecule has 0 radical (unpaired) electrons. The van der Waals surface area contributed by atoms with Crippen molar-refractivity contribution < 1.29 is 9.53 Å². The summed E-state index contributed by atoms with van der Waals surface area (Å²) in [6, 6.07) is 29.4. The first-order chi connectivity index (χ1) is 18.0. The van der Waals surface area contributed by atoms with Crippen LogP contribution in [0.25, 0.3) is 33.4 Å². The van der Waals surface area contributed by atoms with E-state index in [1.807, 2.05) is 103 Å². The lowest BCUT2D eigenvalue weighted by molar-refractivity contribution is 0.0931. The maximum Gasteiger partial charge on any atom is 0.270 e. The first-order valence-electron chi connectivity index (χ1n) is 12.3. The summed E-state index contributed by atoms with van der Waals surface area (Å²) >= 11 is 6.06. The lowest BCUT2D eigenvalue weighted by atomic mass is 10.0. The number of rotatable bonds is 7. The van der Waals surface area contributed by atoms with Crippen molar-refractivity contribution in [3.63, 3.8) is 0 Å². The average molecular weight is 510 g/mol. The zero-order chi connectivity index (χ0) is 25.9. The third-order valence-corrected chi connectivity index (χ3v) is 6.82. The number of halogens is 1. The van der Waals surface area contributed by atoms with Gasteiger partial charge < -0.3 is 14.6 Å². The van der Waals surface area contributed by atoms with Crippen molar-refractivity contribution in [2.75, 3.05) is 7.11 Å². The molecule has 186 valence electrons. The Balaban J connectivity index is 1.62. The number of methoxy groups -OCH3 is 1. The Kier molecular flexibility index (Phi) is 6.97. The fourth-order valence-corrected chi connectivity index (χ4v) is 4.72. The van der Waals surface area contributed by atoms with Crippen LogP contribution in [-0.4, -0.2) is 22.6 Å². The molecule has 1 atom stereocenters. The molecule has 0 saturated heterocycles. The van der Waals surface area contributed by atoms with Crippen molar-refractivity contribution in [2.24, 2.45) is 0 Å². The number of ether oxygens (including phenoxy) is 1. The molecule has 5 aromatic rings. The Labute approximate surface area is 221 Å². The summed E-state index contributed by atoms with van der Waals surface area (Å²) in [5, 5.41) is 5.94. The number of nitrogens with one attached hydrogen (secondary N) is 1. The van der Waals surface area contributed by atoms with Crippen LogP contribution in [0.5, 0.6) is 5.75 Å². The standard InChI is InChI=1S/C31H28ClN3O2/c1-4-35-29(31(36)33-20(2)21-12-15-26(32)16-13-21)28(34-30(35)22-8-6-5-7-9-22)25-11-10-24-19-27(37-3)17-14-23(24)18-25/h5-20H,4H2,1-3H3,(H,33,36). The van der Waals surface area contributed by atoms with E-state index in [9.17, 15) is 4.79 Å². The van der Waals surface area contributed by atoms with Gasteiger partial charge in [0, 0.05) is 22.7 Å². The molecule has 1 heterocycles. The van der Waals surface area contributed by atoms with Crippen LogP contribution in [0.1, 0.15) is 35.9 Å². The minimum absolute atomic E-state index is 0.177. The Bertz CT molecular complexity index is 1560. The van der Waals surface area contributed by atoms with Crippen LogP contribution in [-0.2, 0) is 6.54 Å². The molecule has 0 aliphatic rings. The van der Waals surface area contributed by atoms with Crippen molar-refractivity contribution in [1.82, 2.24) is 14.9 Å². The Morgan fingerprint density at radius 3 is 2.35 bits per heavy atom. The minimum atomic E-state index is -0.206.